The van der Waals surface area contributed by atoms with Gasteiger partial charge in [0, 0.05) is 16.6 Å². The highest BCUT2D eigenvalue weighted by Gasteiger charge is 2.10. The summed E-state index contributed by atoms with van der Waals surface area (Å²) >= 11 is 0. The van der Waals surface area contributed by atoms with Gasteiger partial charge in [-0.05, 0) is 12.0 Å². The summed E-state index contributed by atoms with van der Waals surface area (Å²) in [6.45, 7) is 1.99. The van der Waals surface area contributed by atoms with Crippen LogP contribution in [0.3, 0.4) is 0 Å². The number of aliphatic hydroxyl groups is 1. The van der Waals surface area contributed by atoms with E-state index in [9.17, 15) is 9.32 Å². The van der Waals surface area contributed by atoms with Crippen molar-refractivity contribution in [3.8, 4) is 0 Å². The van der Waals surface area contributed by atoms with Gasteiger partial charge in [0.15, 0.2) is 0 Å². The van der Waals surface area contributed by atoms with Crippen LogP contribution in [-0.4, -0.2) is 20.8 Å². The summed E-state index contributed by atoms with van der Waals surface area (Å²) in [5.41, 5.74) is 0.844. The molecule has 2 unspecified atom stereocenters. The van der Waals surface area contributed by atoms with Crippen LogP contribution in [0.2, 0.25) is 0 Å². The number of aliphatic hydroxyl groups excluding tert-OH is 1. The van der Waals surface area contributed by atoms with Crippen molar-refractivity contribution >= 4 is 10.8 Å². The van der Waals surface area contributed by atoms with Gasteiger partial charge in [-0.3, -0.25) is 4.21 Å². The molecule has 0 aliphatic heterocycles. The van der Waals surface area contributed by atoms with Crippen molar-refractivity contribution in [2.75, 3.05) is 11.5 Å². The smallest absolute Gasteiger partial charge is 0.0905 e. The number of rotatable bonds is 5. The van der Waals surface area contributed by atoms with Gasteiger partial charge in [-0.2, -0.15) is 0 Å². The SMILES string of the molecule is CCCS(=O)CC(O)c1ccccc1. The van der Waals surface area contributed by atoms with Gasteiger partial charge < -0.3 is 5.11 Å². The second kappa shape index (κ2) is 5.94. The van der Waals surface area contributed by atoms with E-state index >= 15 is 0 Å². The van der Waals surface area contributed by atoms with Crippen LogP contribution in [0.1, 0.15) is 25.0 Å². The first-order chi connectivity index (χ1) is 6.74. The molecule has 0 aromatic heterocycles. The molecule has 0 aliphatic carbocycles. The fourth-order valence-corrected chi connectivity index (χ4v) is 2.43. The Hall–Kier alpha value is -0.670. The molecule has 2 nitrogen and oxygen atoms in total. The monoisotopic (exact) mass is 212 g/mol. The molecule has 78 valence electrons. The zero-order chi connectivity index (χ0) is 10.4. The largest absolute Gasteiger partial charge is 0.387 e. The number of hydrogen-bond acceptors (Lipinski definition) is 2. The Morgan fingerprint density at radius 2 is 2.00 bits per heavy atom. The molecule has 1 aromatic carbocycles. The van der Waals surface area contributed by atoms with Crippen molar-refractivity contribution < 1.29 is 9.32 Å². The van der Waals surface area contributed by atoms with Crippen molar-refractivity contribution in [3.05, 3.63) is 35.9 Å². The lowest BCUT2D eigenvalue weighted by atomic mass is 10.1. The summed E-state index contributed by atoms with van der Waals surface area (Å²) in [7, 11) is -0.901. The first kappa shape index (κ1) is 11.4. The molecule has 2 atom stereocenters. The van der Waals surface area contributed by atoms with E-state index in [2.05, 4.69) is 0 Å². The molecule has 1 aromatic rings. The second-order valence-electron chi connectivity index (χ2n) is 3.24. The Morgan fingerprint density at radius 3 is 2.57 bits per heavy atom. The van der Waals surface area contributed by atoms with Crippen LogP contribution >= 0.6 is 0 Å². The predicted octanol–water partition coefficient (Wildman–Crippen LogP) is 1.88. The normalized spacial score (nSPS) is 15.0. The third-order valence-corrected chi connectivity index (χ3v) is 3.51. The van der Waals surface area contributed by atoms with E-state index in [1.54, 1.807) is 0 Å². The second-order valence-corrected chi connectivity index (χ2v) is 4.86. The van der Waals surface area contributed by atoms with Crippen molar-refractivity contribution in [1.82, 2.24) is 0 Å². The number of hydrogen-bond donors (Lipinski definition) is 1. The zero-order valence-corrected chi connectivity index (χ0v) is 9.17. The summed E-state index contributed by atoms with van der Waals surface area (Å²) < 4.78 is 11.4. The van der Waals surface area contributed by atoms with Gasteiger partial charge >= 0.3 is 0 Å². The van der Waals surface area contributed by atoms with Crippen LogP contribution in [-0.2, 0) is 10.8 Å². The molecule has 0 amide bonds. The molecule has 14 heavy (non-hydrogen) atoms. The molecule has 0 radical (unpaired) electrons. The van der Waals surface area contributed by atoms with Crippen LogP contribution in [0.4, 0.5) is 0 Å². The highest BCUT2D eigenvalue weighted by atomic mass is 32.2. The van der Waals surface area contributed by atoms with Gasteiger partial charge in [0.2, 0.25) is 0 Å². The van der Waals surface area contributed by atoms with Crippen LogP contribution < -0.4 is 0 Å². The van der Waals surface area contributed by atoms with Gasteiger partial charge in [-0.15, -0.1) is 0 Å². The van der Waals surface area contributed by atoms with E-state index in [1.165, 1.54) is 0 Å². The number of benzene rings is 1. The van der Waals surface area contributed by atoms with Gasteiger partial charge in [0.1, 0.15) is 0 Å². The zero-order valence-electron chi connectivity index (χ0n) is 8.35. The first-order valence-corrected chi connectivity index (χ1v) is 6.30. The minimum Gasteiger partial charge on any atom is -0.387 e. The molecule has 0 spiro atoms. The van der Waals surface area contributed by atoms with E-state index < -0.39 is 16.9 Å². The Bertz CT molecular complexity index is 285. The van der Waals surface area contributed by atoms with Crippen LogP contribution in [0.15, 0.2) is 30.3 Å². The van der Waals surface area contributed by atoms with Gasteiger partial charge in [0.05, 0.1) is 11.9 Å². The first-order valence-electron chi connectivity index (χ1n) is 4.82. The van der Waals surface area contributed by atoms with Crippen LogP contribution in [0.5, 0.6) is 0 Å². The van der Waals surface area contributed by atoms with E-state index in [4.69, 9.17) is 0 Å². The molecular weight excluding hydrogens is 196 g/mol. The fourth-order valence-electron chi connectivity index (χ4n) is 1.26. The highest BCUT2D eigenvalue weighted by molar-refractivity contribution is 7.85. The third-order valence-electron chi connectivity index (χ3n) is 1.96. The Balaban J connectivity index is 2.50. The third kappa shape index (κ3) is 3.60. The molecule has 0 bridgehead atoms. The summed E-state index contributed by atoms with van der Waals surface area (Å²) in [6.07, 6.45) is 0.303. The lowest BCUT2D eigenvalue weighted by Gasteiger charge is -2.09. The Labute approximate surface area is 87.4 Å². The van der Waals surface area contributed by atoms with E-state index in [0.717, 1.165) is 12.0 Å². The quantitative estimate of drug-likeness (QED) is 0.809. The summed E-state index contributed by atoms with van der Waals surface area (Å²) in [6, 6.07) is 9.36. The molecule has 0 saturated carbocycles. The van der Waals surface area contributed by atoms with Crippen molar-refractivity contribution in [3.63, 3.8) is 0 Å². The van der Waals surface area contributed by atoms with Gasteiger partial charge in [-0.25, -0.2) is 0 Å². The topological polar surface area (TPSA) is 37.3 Å². The lowest BCUT2D eigenvalue weighted by molar-refractivity contribution is 0.203. The molecule has 3 heteroatoms. The summed E-state index contributed by atoms with van der Waals surface area (Å²) in [5.74, 6) is 1.02. The van der Waals surface area contributed by atoms with Gasteiger partial charge in [0.25, 0.3) is 0 Å². The Morgan fingerprint density at radius 1 is 1.36 bits per heavy atom. The molecule has 1 rings (SSSR count). The average molecular weight is 212 g/mol. The minimum atomic E-state index is -0.901. The van der Waals surface area contributed by atoms with Gasteiger partial charge in [-0.1, -0.05) is 37.3 Å². The lowest BCUT2D eigenvalue weighted by Crippen LogP contribution is -2.11. The molecule has 0 aliphatic rings. The maximum absolute atomic E-state index is 11.4. The van der Waals surface area contributed by atoms with E-state index in [0.29, 0.717) is 11.5 Å². The standard InChI is InChI=1S/C11H16O2S/c1-2-8-14(13)9-11(12)10-6-4-3-5-7-10/h3-7,11-12H,2,8-9H2,1H3. The maximum atomic E-state index is 11.4. The van der Waals surface area contributed by atoms with Crippen LogP contribution in [0, 0.1) is 0 Å². The summed E-state index contributed by atoms with van der Waals surface area (Å²) in [4.78, 5) is 0. The minimum absolute atomic E-state index is 0.345. The predicted molar refractivity (Wildman–Crippen MR) is 59.6 cm³/mol. The van der Waals surface area contributed by atoms with Crippen molar-refractivity contribution in [2.24, 2.45) is 0 Å². The van der Waals surface area contributed by atoms with E-state index in [1.807, 2.05) is 37.3 Å². The maximum Gasteiger partial charge on any atom is 0.0905 e. The summed E-state index contributed by atoms with van der Waals surface area (Å²) in [5, 5.41) is 9.72. The fraction of sp³-hybridized carbons (Fsp3) is 0.455. The molecular formula is C11H16O2S. The van der Waals surface area contributed by atoms with Crippen LogP contribution in [0.25, 0.3) is 0 Å². The molecule has 0 heterocycles. The molecule has 0 saturated heterocycles. The van der Waals surface area contributed by atoms with Crippen molar-refractivity contribution in [2.45, 2.75) is 19.4 Å². The van der Waals surface area contributed by atoms with E-state index in [-0.39, 0.29) is 0 Å². The molecule has 1 N–H and O–H groups in total. The Kier molecular flexibility index (Phi) is 4.84. The van der Waals surface area contributed by atoms with Crippen molar-refractivity contribution in [1.29, 1.82) is 0 Å². The molecule has 0 fully saturated rings. The average Bonchev–Trinajstić information content (AvgIpc) is 2.19. The highest BCUT2D eigenvalue weighted by Crippen LogP contribution is 2.13.